The molecule has 3 heterocycles. The van der Waals surface area contributed by atoms with Gasteiger partial charge in [-0.15, -0.1) is 0 Å². The van der Waals surface area contributed by atoms with Gasteiger partial charge in [-0.1, -0.05) is 43.5 Å². The Labute approximate surface area is 226 Å². The summed E-state index contributed by atoms with van der Waals surface area (Å²) in [6.07, 6.45) is 9.72. The first-order chi connectivity index (χ1) is 18.5. The Morgan fingerprint density at radius 1 is 1.11 bits per heavy atom. The summed E-state index contributed by atoms with van der Waals surface area (Å²) in [7, 11) is 0. The Balaban J connectivity index is 1.25. The first-order valence-electron chi connectivity index (χ1n) is 13.3. The minimum absolute atomic E-state index is 0.0910. The Bertz CT molecular complexity index is 1510. The third kappa shape index (κ3) is 4.80. The number of benzene rings is 2. The van der Waals surface area contributed by atoms with Crippen LogP contribution < -0.4 is 4.74 Å². The van der Waals surface area contributed by atoms with Gasteiger partial charge in [-0.2, -0.15) is 15.1 Å². The molecule has 38 heavy (non-hydrogen) atoms. The summed E-state index contributed by atoms with van der Waals surface area (Å²) in [5.74, 6) is 0.978. The third-order valence-electron chi connectivity index (χ3n) is 7.34. The number of aryl methyl sites for hydroxylation is 2. The number of amidine groups is 2. The summed E-state index contributed by atoms with van der Waals surface area (Å²) in [5.41, 5.74) is 4.55. The second kappa shape index (κ2) is 10.3. The first kappa shape index (κ1) is 24.7. The Kier molecular flexibility index (Phi) is 6.66. The fraction of sp³-hybridized carbons (Fsp3) is 0.333. The molecule has 0 bridgehead atoms. The molecular formula is C30H31N5O2S. The van der Waals surface area contributed by atoms with Crippen molar-refractivity contribution in [1.82, 2.24) is 9.58 Å². The van der Waals surface area contributed by atoms with Gasteiger partial charge < -0.3 is 9.30 Å². The zero-order valence-electron chi connectivity index (χ0n) is 21.7. The molecule has 2 aromatic carbocycles. The van der Waals surface area contributed by atoms with Crippen molar-refractivity contribution in [3.05, 3.63) is 70.9 Å². The molecule has 6 rings (SSSR count). The Hall–Kier alpha value is -3.65. The maximum Gasteiger partial charge on any atom is 0.283 e. The van der Waals surface area contributed by atoms with Crippen molar-refractivity contribution in [2.75, 3.05) is 6.61 Å². The molecule has 3 aromatic rings. The van der Waals surface area contributed by atoms with Crippen LogP contribution in [0.15, 0.2) is 64.3 Å². The molecule has 1 aromatic heterocycles. The number of nitrogens with zero attached hydrogens (tertiary/aromatic N) is 4. The lowest BCUT2D eigenvalue weighted by molar-refractivity contribution is -0.114. The van der Waals surface area contributed by atoms with Crippen molar-refractivity contribution in [2.45, 2.75) is 52.5 Å². The zero-order chi connectivity index (χ0) is 26.2. The molecule has 1 aliphatic carbocycles. The molecular weight excluding hydrogens is 494 g/mol. The van der Waals surface area contributed by atoms with E-state index in [1.165, 1.54) is 42.2 Å². The molecule has 194 valence electrons. The predicted octanol–water partition coefficient (Wildman–Crippen LogP) is 6.54. The van der Waals surface area contributed by atoms with Crippen LogP contribution in [0.25, 0.3) is 17.0 Å². The molecule has 7 nitrogen and oxygen atoms in total. The summed E-state index contributed by atoms with van der Waals surface area (Å²) >= 11 is 1.45. The lowest BCUT2D eigenvalue weighted by atomic mass is 9.90. The van der Waals surface area contributed by atoms with E-state index in [0.29, 0.717) is 24.2 Å². The quantitative estimate of drug-likeness (QED) is 0.371. The average Bonchev–Trinajstić information content (AvgIpc) is 3.48. The molecule has 2 aliphatic heterocycles. The van der Waals surface area contributed by atoms with Crippen LogP contribution in [0.4, 0.5) is 0 Å². The van der Waals surface area contributed by atoms with Gasteiger partial charge in [0.1, 0.15) is 17.4 Å². The van der Waals surface area contributed by atoms with Crippen molar-refractivity contribution in [3.63, 3.8) is 0 Å². The van der Waals surface area contributed by atoms with Gasteiger partial charge >= 0.3 is 0 Å². The highest BCUT2D eigenvalue weighted by Gasteiger charge is 2.38. The molecule has 1 N–H and O–H groups in total. The molecule has 3 aliphatic rings. The monoisotopic (exact) mass is 525 g/mol. The second-order valence-corrected chi connectivity index (χ2v) is 11.2. The SMILES string of the molecule is Cc1cc(C)cc(OCCn2cc(/C=C3\C(=N)N4N=C(C5CCCCC5)SC4=NC3=O)c3ccccc32)c1. The molecule has 0 unspecified atom stereocenters. The van der Waals surface area contributed by atoms with Gasteiger partial charge in [-0.3, -0.25) is 10.2 Å². The number of amides is 1. The Morgan fingerprint density at radius 2 is 1.87 bits per heavy atom. The maximum absolute atomic E-state index is 13.0. The van der Waals surface area contributed by atoms with Gasteiger partial charge in [0.2, 0.25) is 5.17 Å². The lowest BCUT2D eigenvalue weighted by Gasteiger charge is -2.20. The number of thioether (sulfide) groups is 1. The number of hydrogen-bond donors (Lipinski definition) is 1. The van der Waals surface area contributed by atoms with Gasteiger partial charge in [-0.25, -0.2) is 0 Å². The predicted molar refractivity (Wildman–Crippen MR) is 155 cm³/mol. The number of fused-ring (bicyclic) bond motifs is 2. The zero-order valence-corrected chi connectivity index (χ0v) is 22.6. The summed E-state index contributed by atoms with van der Waals surface area (Å²) in [6.45, 7) is 5.31. The number of hydrogen-bond acceptors (Lipinski definition) is 5. The second-order valence-electron chi connectivity index (χ2n) is 10.3. The van der Waals surface area contributed by atoms with Crippen LogP contribution in [0, 0.1) is 25.2 Å². The smallest absolute Gasteiger partial charge is 0.283 e. The highest BCUT2D eigenvalue weighted by atomic mass is 32.2. The number of nitrogens with one attached hydrogen (secondary N) is 1. The number of ether oxygens (including phenoxy) is 1. The fourth-order valence-electron chi connectivity index (χ4n) is 5.53. The maximum atomic E-state index is 13.0. The lowest BCUT2D eigenvalue weighted by Crippen LogP contribution is -2.35. The number of hydrazone groups is 1. The van der Waals surface area contributed by atoms with Gasteiger partial charge in [0, 0.05) is 28.6 Å². The average molecular weight is 526 g/mol. The highest BCUT2D eigenvalue weighted by Crippen LogP contribution is 2.36. The van der Waals surface area contributed by atoms with E-state index in [4.69, 9.17) is 15.2 Å². The van der Waals surface area contributed by atoms with E-state index in [-0.39, 0.29) is 17.3 Å². The van der Waals surface area contributed by atoms with E-state index in [1.807, 2.05) is 36.5 Å². The van der Waals surface area contributed by atoms with Gasteiger partial charge in [0.05, 0.1) is 12.1 Å². The van der Waals surface area contributed by atoms with E-state index in [1.54, 1.807) is 11.1 Å². The number of carbonyl (C=O) groups excluding carboxylic acids is 1. The van der Waals surface area contributed by atoms with Crippen LogP contribution in [0.3, 0.4) is 0 Å². The van der Waals surface area contributed by atoms with Crippen molar-refractivity contribution >= 4 is 50.7 Å². The van der Waals surface area contributed by atoms with Gasteiger partial charge in [0.25, 0.3) is 5.91 Å². The van der Waals surface area contributed by atoms with E-state index < -0.39 is 0 Å². The number of aliphatic imine (C=N–C) groups is 1. The van der Waals surface area contributed by atoms with Gasteiger partial charge in [-0.05, 0) is 73.9 Å². The topological polar surface area (TPSA) is 83.0 Å². The van der Waals surface area contributed by atoms with E-state index in [0.717, 1.165) is 40.1 Å². The number of rotatable bonds is 6. The van der Waals surface area contributed by atoms with Crippen LogP contribution in [-0.2, 0) is 11.3 Å². The van der Waals surface area contributed by atoms with Crippen LogP contribution in [0.2, 0.25) is 0 Å². The van der Waals surface area contributed by atoms with Crippen molar-refractivity contribution in [3.8, 4) is 5.75 Å². The minimum atomic E-state index is -0.385. The number of aromatic nitrogens is 1. The summed E-state index contributed by atoms with van der Waals surface area (Å²) in [5, 5.41) is 17.6. The van der Waals surface area contributed by atoms with Crippen molar-refractivity contribution in [1.29, 1.82) is 5.41 Å². The van der Waals surface area contributed by atoms with Crippen LogP contribution in [0.1, 0.15) is 48.8 Å². The van der Waals surface area contributed by atoms with Crippen LogP contribution in [0.5, 0.6) is 5.75 Å². The summed E-state index contributed by atoms with van der Waals surface area (Å²) < 4.78 is 8.20. The van der Waals surface area contributed by atoms with Crippen LogP contribution in [-0.4, -0.2) is 38.1 Å². The first-order valence-corrected chi connectivity index (χ1v) is 14.1. The molecule has 1 fully saturated rings. The number of carbonyl (C=O) groups is 1. The van der Waals surface area contributed by atoms with Crippen LogP contribution >= 0.6 is 11.8 Å². The van der Waals surface area contributed by atoms with Crippen molar-refractivity contribution < 1.29 is 9.53 Å². The largest absolute Gasteiger partial charge is 0.492 e. The molecule has 8 heteroatoms. The van der Waals surface area contributed by atoms with E-state index in [2.05, 4.69) is 35.5 Å². The minimum Gasteiger partial charge on any atom is -0.492 e. The number of para-hydroxylation sites is 1. The molecule has 1 saturated carbocycles. The molecule has 0 atom stereocenters. The summed E-state index contributed by atoms with van der Waals surface area (Å²) in [6, 6.07) is 14.3. The van der Waals surface area contributed by atoms with E-state index >= 15 is 0 Å². The third-order valence-corrected chi connectivity index (χ3v) is 8.41. The highest BCUT2D eigenvalue weighted by molar-refractivity contribution is 8.27. The summed E-state index contributed by atoms with van der Waals surface area (Å²) in [4.78, 5) is 17.4. The fourth-order valence-corrected chi connectivity index (χ4v) is 6.59. The van der Waals surface area contributed by atoms with Crippen molar-refractivity contribution in [2.24, 2.45) is 16.0 Å². The molecule has 0 spiro atoms. The molecule has 0 radical (unpaired) electrons. The standard InChI is InChI=1S/C30H31N5O2S/c1-19-14-20(2)16-23(15-19)37-13-12-34-18-22(24-10-6-7-11-26(24)34)17-25-27(31)35-30(32-28(25)36)38-29(33-35)21-8-4-3-5-9-21/h6-7,10-11,14-18,21,31H,3-5,8-9,12-13H2,1-2H3/b25-17+,31-27?. The van der Waals surface area contributed by atoms with E-state index in [9.17, 15) is 4.79 Å². The Morgan fingerprint density at radius 3 is 2.66 bits per heavy atom. The molecule has 0 saturated heterocycles. The molecule has 1 amide bonds. The normalized spacial score (nSPS) is 19.2. The van der Waals surface area contributed by atoms with Gasteiger partial charge in [0.15, 0.2) is 5.84 Å².